The van der Waals surface area contributed by atoms with Crippen molar-refractivity contribution in [2.24, 2.45) is 0 Å². The SMILES string of the molecule is CC(C)(C)c1cc(C2CCCCC2)c(O)c2nc(Oc3ccc4c5ccccc5n(-c5ccccn5)c4c3)ccc12. The number of ether oxygens (including phenoxy) is 1. The average molecular weight is 542 g/mol. The van der Waals surface area contributed by atoms with Gasteiger partial charge in [-0.05, 0) is 71.7 Å². The first-order valence-corrected chi connectivity index (χ1v) is 14.7. The molecule has 1 saturated carbocycles. The fourth-order valence-electron chi connectivity index (χ4n) is 6.55. The van der Waals surface area contributed by atoms with Crippen molar-refractivity contribution in [2.45, 2.75) is 64.2 Å². The van der Waals surface area contributed by atoms with Gasteiger partial charge in [-0.1, -0.05) is 70.4 Å². The average Bonchev–Trinajstić information content (AvgIpc) is 3.31. The van der Waals surface area contributed by atoms with Gasteiger partial charge >= 0.3 is 0 Å². The zero-order valence-electron chi connectivity index (χ0n) is 23.9. The normalized spacial score (nSPS) is 14.7. The van der Waals surface area contributed by atoms with Crippen LogP contribution in [0.5, 0.6) is 17.4 Å². The number of hydrogen-bond acceptors (Lipinski definition) is 4. The molecule has 6 aromatic rings. The molecular formula is C36H35N3O2. The number of aromatic nitrogens is 3. The largest absolute Gasteiger partial charge is 0.505 e. The highest BCUT2D eigenvalue weighted by molar-refractivity contribution is 6.09. The molecule has 3 aromatic carbocycles. The summed E-state index contributed by atoms with van der Waals surface area (Å²) in [5, 5.41) is 14.8. The van der Waals surface area contributed by atoms with Gasteiger partial charge in [0.1, 0.15) is 22.8 Å². The van der Waals surface area contributed by atoms with E-state index >= 15 is 0 Å². The van der Waals surface area contributed by atoms with Gasteiger partial charge in [-0.3, -0.25) is 4.57 Å². The Balaban J connectivity index is 1.34. The van der Waals surface area contributed by atoms with Crippen LogP contribution in [-0.4, -0.2) is 19.6 Å². The van der Waals surface area contributed by atoms with Crippen LogP contribution in [0.4, 0.5) is 0 Å². The smallest absolute Gasteiger partial charge is 0.219 e. The quantitative estimate of drug-likeness (QED) is 0.241. The number of fused-ring (bicyclic) bond motifs is 4. The number of phenolic OH excluding ortho intramolecular Hbond substituents is 1. The van der Waals surface area contributed by atoms with Crippen molar-refractivity contribution >= 4 is 32.7 Å². The molecule has 1 aliphatic rings. The summed E-state index contributed by atoms with van der Waals surface area (Å²) >= 11 is 0. The zero-order valence-corrected chi connectivity index (χ0v) is 23.9. The van der Waals surface area contributed by atoms with E-state index in [9.17, 15) is 5.11 Å². The van der Waals surface area contributed by atoms with Gasteiger partial charge in [-0.2, -0.15) is 0 Å². The third kappa shape index (κ3) is 4.50. The number of rotatable bonds is 4. The lowest BCUT2D eigenvalue weighted by molar-refractivity contribution is 0.414. The van der Waals surface area contributed by atoms with Gasteiger partial charge in [0.2, 0.25) is 5.88 Å². The van der Waals surface area contributed by atoms with Crippen molar-refractivity contribution in [1.29, 1.82) is 0 Å². The number of pyridine rings is 2. The molecule has 0 spiro atoms. The topological polar surface area (TPSA) is 60.2 Å². The predicted octanol–water partition coefficient (Wildman–Crippen LogP) is 9.57. The van der Waals surface area contributed by atoms with Crippen LogP contribution >= 0.6 is 0 Å². The number of aromatic hydroxyl groups is 1. The Labute approximate surface area is 240 Å². The van der Waals surface area contributed by atoms with E-state index in [1.807, 2.05) is 42.6 Å². The molecule has 1 fully saturated rings. The number of benzene rings is 3. The van der Waals surface area contributed by atoms with Crippen molar-refractivity contribution in [1.82, 2.24) is 14.5 Å². The highest BCUT2D eigenvalue weighted by atomic mass is 16.5. The molecule has 0 amide bonds. The number of para-hydroxylation sites is 1. The summed E-state index contributed by atoms with van der Waals surface area (Å²) in [5.74, 6) is 2.68. The monoisotopic (exact) mass is 541 g/mol. The molecule has 1 N–H and O–H groups in total. The van der Waals surface area contributed by atoms with Gasteiger partial charge < -0.3 is 9.84 Å². The van der Waals surface area contributed by atoms with Crippen molar-refractivity contribution in [3.8, 4) is 23.2 Å². The van der Waals surface area contributed by atoms with Gasteiger partial charge in [0.05, 0.1) is 11.0 Å². The van der Waals surface area contributed by atoms with Gasteiger partial charge in [0, 0.05) is 34.5 Å². The number of nitrogens with zero attached hydrogens (tertiary/aromatic N) is 3. The molecule has 0 radical (unpaired) electrons. The Morgan fingerprint density at radius 2 is 1.56 bits per heavy atom. The second-order valence-electron chi connectivity index (χ2n) is 12.3. The molecule has 0 bridgehead atoms. The van der Waals surface area contributed by atoms with Crippen LogP contribution in [0, 0.1) is 0 Å². The van der Waals surface area contributed by atoms with Crippen LogP contribution in [0.25, 0.3) is 38.5 Å². The van der Waals surface area contributed by atoms with Crippen LogP contribution in [0.1, 0.15) is 69.9 Å². The van der Waals surface area contributed by atoms with Crippen LogP contribution in [-0.2, 0) is 5.41 Å². The molecule has 0 aliphatic heterocycles. The third-order valence-electron chi connectivity index (χ3n) is 8.56. The molecule has 5 nitrogen and oxygen atoms in total. The van der Waals surface area contributed by atoms with E-state index in [1.54, 1.807) is 0 Å². The van der Waals surface area contributed by atoms with E-state index in [0.717, 1.165) is 46.0 Å². The van der Waals surface area contributed by atoms with E-state index in [1.165, 1.54) is 30.2 Å². The molecule has 0 atom stereocenters. The molecule has 41 heavy (non-hydrogen) atoms. The summed E-state index contributed by atoms with van der Waals surface area (Å²) in [4.78, 5) is 9.55. The van der Waals surface area contributed by atoms with Gasteiger partial charge in [-0.15, -0.1) is 0 Å². The fraction of sp³-hybridized carbons (Fsp3) is 0.278. The van der Waals surface area contributed by atoms with Gasteiger partial charge in [-0.25, -0.2) is 9.97 Å². The lowest BCUT2D eigenvalue weighted by atomic mass is 9.78. The minimum atomic E-state index is -0.0800. The van der Waals surface area contributed by atoms with Crippen molar-refractivity contribution in [3.05, 3.63) is 96.2 Å². The van der Waals surface area contributed by atoms with E-state index in [4.69, 9.17) is 9.72 Å². The number of phenols is 1. The van der Waals surface area contributed by atoms with Crippen LogP contribution in [0.3, 0.4) is 0 Å². The van der Waals surface area contributed by atoms with Crippen molar-refractivity contribution in [3.63, 3.8) is 0 Å². The summed E-state index contributed by atoms with van der Waals surface area (Å²) < 4.78 is 8.56. The minimum absolute atomic E-state index is 0.0800. The van der Waals surface area contributed by atoms with Gasteiger partial charge in [0.15, 0.2) is 0 Å². The van der Waals surface area contributed by atoms with E-state index in [-0.39, 0.29) is 5.41 Å². The van der Waals surface area contributed by atoms with Crippen LogP contribution in [0.2, 0.25) is 0 Å². The zero-order chi connectivity index (χ0) is 28.1. The fourth-order valence-corrected chi connectivity index (χ4v) is 6.55. The molecule has 3 aromatic heterocycles. The first kappa shape index (κ1) is 25.6. The maximum atomic E-state index is 11.5. The predicted molar refractivity (Wildman–Crippen MR) is 167 cm³/mol. The highest BCUT2D eigenvalue weighted by Crippen LogP contribution is 2.44. The maximum absolute atomic E-state index is 11.5. The molecule has 5 heteroatoms. The second kappa shape index (κ2) is 9.91. The Hall–Kier alpha value is -4.38. The second-order valence-corrected chi connectivity index (χ2v) is 12.3. The maximum Gasteiger partial charge on any atom is 0.219 e. The van der Waals surface area contributed by atoms with E-state index in [0.29, 0.717) is 28.8 Å². The molecule has 7 rings (SSSR count). The molecule has 3 heterocycles. The first-order valence-electron chi connectivity index (χ1n) is 14.7. The Bertz CT molecular complexity index is 1890. The lowest BCUT2D eigenvalue weighted by Crippen LogP contribution is -2.14. The Morgan fingerprint density at radius 1 is 0.805 bits per heavy atom. The lowest BCUT2D eigenvalue weighted by Gasteiger charge is -2.28. The minimum Gasteiger partial charge on any atom is -0.505 e. The summed E-state index contributed by atoms with van der Waals surface area (Å²) in [6.45, 7) is 6.68. The number of hydrogen-bond donors (Lipinski definition) is 1. The molecule has 0 saturated heterocycles. The highest BCUT2D eigenvalue weighted by Gasteiger charge is 2.26. The summed E-state index contributed by atoms with van der Waals surface area (Å²) in [5.41, 5.74) is 4.90. The summed E-state index contributed by atoms with van der Waals surface area (Å²) in [7, 11) is 0. The summed E-state index contributed by atoms with van der Waals surface area (Å²) in [6, 6.07) is 26.7. The Morgan fingerprint density at radius 3 is 2.34 bits per heavy atom. The summed E-state index contributed by atoms with van der Waals surface area (Å²) in [6.07, 6.45) is 7.74. The van der Waals surface area contributed by atoms with Crippen molar-refractivity contribution < 1.29 is 9.84 Å². The van der Waals surface area contributed by atoms with Crippen molar-refractivity contribution in [2.75, 3.05) is 0 Å². The van der Waals surface area contributed by atoms with E-state index < -0.39 is 0 Å². The van der Waals surface area contributed by atoms with Gasteiger partial charge in [0.25, 0.3) is 0 Å². The molecule has 0 unspecified atom stereocenters. The molecular weight excluding hydrogens is 506 g/mol. The first-order chi connectivity index (χ1) is 19.9. The standard InChI is InChI=1S/C36H35N3O2/c1-36(2,3)29-22-28(23-11-5-4-6-12-23)35(40)34-27(29)18-19-33(38-34)41-24-16-17-26-25-13-7-8-14-30(25)39(31(26)21-24)32-15-9-10-20-37-32/h7-10,13-23,40H,4-6,11-12H2,1-3H3. The van der Waals surface area contributed by atoms with E-state index in [2.05, 4.69) is 72.8 Å². The molecule has 206 valence electrons. The van der Waals surface area contributed by atoms with Crippen LogP contribution in [0.15, 0.2) is 85.1 Å². The Kier molecular flexibility index (Phi) is 6.19. The van der Waals surface area contributed by atoms with Crippen LogP contribution < -0.4 is 4.74 Å². The third-order valence-corrected chi connectivity index (χ3v) is 8.56. The molecule has 1 aliphatic carbocycles.